The minimum atomic E-state index is -3.54. The van der Waals surface area contributed by atoms with E-state index >= 15 is 0 Å². The highest BCUT2D eigenvalue weighted by molar-refractivity contribution is 8.00. The van der Waals surface area contributed by atoms with Crippen LogP contribution in [0.2, 0.25) is 0 Å². The lowest BCUT2D eigenvalue weighted by Crippen LogP contribution is -2.23. The molecule has 0 aromatic heterocycles. The first kappa shape index (κ1) is 15.3. The van der Waals surface area contributed by atoms with Crippen LogP contribution in [0.5, 0.6) is 0 Å². The lowest BCUT2D eigenvalue weighted by molar-refractivity contribution is 0.300. The van der Waals surface area contributed by atoms with Gasteiger partial charge in [-0.25, -0.2) is 12.7 Å². The topological polar surface area (TPSA) is 83.6 Å². The fourth-order valence-electron chi connectivity index (χ4n) is 1.30. The Labute approximate surface area is 112 Å². The van der Waals surface area contributed by atoms with E-state index in [0.29, 0.717) is 4.90 Å². The summed E-state index contributed by atoms with van der Waals surface area (Å²) in [5.41, 5.74) is 6.13. The number of thioether (sulfide) groups is 1. The summed E-state index contributed by atoms with van der Waals surface area (Å²) in [6.45, 7) is 1.85. The largest absolute Gasteiger partial charge is 0.397 e. The first-order chi connectivity index (χ1) is 8.30. The van der Waals surface area contributed by atoms with Gasteiger partial charge in [0.1, 0.15) is 4.90 Å². The van der Waals surface area contributed by atoms with Gasteiger partial charge in [0.25, 0.3) is 0 Å². The van der Waals surface area contributed by atoms with Gasteiger partial charge in [0, 0.05) is 24.2 Å². The molecule has 1 aromatic carbocycles. The van der Waals surface area contributed by atoms with Crippen molar-refractivity contribution in [3.05, 3.63) is 18.2 Å². The highest BCUT2D eigenvalue weighted by Gasteiger charge is 2.22. The van der Waals surface area contributed by atoms with Crippen LogP contribution in [-0.2, 0) is 10.0 Å². The van der Waals surface area contributed by atoms with E-state index in [1.807, 2.05) is 6.92 Å². The van der Waals surface area contributed by atoms with Gasteiger partial charge in [0.15, 0.2) is 0 Å². The third-order valence-corrected chi connectivity index (χ3v) is 5.40. The summed E-state index contributed by atoms with van der Waals surface area (Å²) in [4.78, 5) is 0.766. The zero-order valence-electron chi connectivity index (χ0n) is 10.6. The van der Waals surface area contributed by atoms with Gasteiger partial charge in [-0.15, -0.1) is 11.8 Å². The van der Waals surface area contributed by atoms with Gasteiger partial charge in [-0.2, -0.15) is 0 Å². The van der Waals surface area contributed by atoms with Crippen molar-refractivity contribution < 1.29 is 13.5 Å². The molecule has 0 aliphatic rings. The van der Waals surface area contributed by atoms with E-state index in [0.717, 1.165) is 4.31 Å². The number of para-hydroxylation sites is 1. The maximum absolute atomic E-state index is 12.0. The Morgan fingerprint density at radius 2 is 2.06 bits per heavy atom. The molecule has 18 heavy (non-hydrogen) atoms. The minimum absolute atomic E-state index is 0.00870. The number of hydrogen-bond donors (Lipinski definition) is 2. The molecular formula is C11H18N2O3S2. The molecule has 0 fully saturated rings. The SMILES string of the molecule is CC(CO)Sc1cccc(S(=O)(=O)N(C)C)c1N. The van der Waals surface area contributed by atoms with Crippen LogP contribution in [-0.4, -0.2) is 43.8 Å². The van der Waals surface area contributed by atoms with E-state index in [4.69, 9.17) is 10.8 Å². The van der Waals surface area contributed by atoms with Gasteiger partial charge in [0.05, 0.1) is 12.3 Å². The van der Waals surface area contributed by atoms with Crippen LogP contribution in [0.15, 0.2) is 28.0 Å². The second-order valence-electron chi connectivity index (χ2n) is 4.07. The monoisotopic (exact) mass is 290 g/mol. The zero-order valence-corrected chi connectivity index (χ0v) is 12.3. The van der Waals surface area contributed by atoms with Crippen molar-refractivity contribution in [2.75, 3.05) is 26.4 Å². The predicted molar refractivity (Wildman–Crippen MR) is 74.1 cm³/mol. The van der Waals surface area contributed by atoms with Crippen molar-refractivity contribution in [3.8, 4) is 0 Å². The standard InChI is InChI=1S/C11H18N2O3S2/c1-8(7-14)17-9-5-4-6-10(11(9)12)18(15,16)13(2)3/h4-6,8,14H,7,12H2,1-3H3. The van der Waals surface area contributed by atoms with E-state index in [1.165, 1.54) is 31.9 Å². The molecule has 0 amide bonds. The van der Waals surface area contributed by atoms with Crippen LogP contribution in [0, 0.1) is 0 Å². The number of aliphatic hydroxyl groups excluding tert-OH is 1. The number of hydrogen-bond acceptors (Lipinski definition) is 5. The highest BCUT2D eigenvalue weighted by Crippen LogP contribution is 2.33. The number of aliphatic hydroxyl groups is 1. The molecule has 1 aromatic rings. The summed E-state index contributed by atoms with van der Waals surface area (Å²) in [7, 11) is -0.614. The number of sulfonamides is 1. The van der Waals surface area contributed by atoms with Gasteiger partial charge in [-0.1, -0.05) is 13.0 Å². The second kappa shape index (κ2) is 5.92. The third kappa shape index (κ3) is 3.17. The van der Waals surface area contributed by atoms with Crippen molar-refractivity contribution in [2.24, 2.45) is 0 Å². The fourth-order valence-corrected chi connectivity index (χ4v) is 3.30. The van der Waals surface area contributed by atoms with Crippen LogP contribution in [0.4, 0.5) is 5.69 Å². The molecule has 102 valence electrons. The lowest BCUT2D eigenvalue weighted by atomic mass is 10.3. The van der Waals surface area contributed by atoms with E-state index in [2.05, 4.69) is 0 Å². The first-order valence-electron chi connectivity index (χ1n) is 5.39. The van der Waals surface area contributed by atoms with E-state index in [-0.39, 0.29) is 22.4 Å². The van der Waals surface area contributed by atoms with Crippen LogP contribution in [0.3, 0.4) is 0 Å². The summed E-state index contributed by atoms with van der Waals surface area (Å²) in [5, 5.41) is 8.98. The molecule has 3 N–H and O–H groups in total. The number of anilines is 1. The molecule has 1 unspecified atom stereocenters. The summed E-state index contributed by atoms with van der Waals surface area (Å²) in [6.07, 6.45) is 0. The van der Waals surface area contributed by atoms with Crippen molar-refractivity contribution in [1.82, 2.24) is 4.31 Å². The Morgan fingerprint density at radius 3 is 2.56 bits per heavy atom. The number of nitrogen functional groups attached to an aromatic ring is 1. The Hall–Kier alpha value is -0.760. The van der Waals surface area contributed by atoms with Crippen molar-refractivity contribution in [1.29, 1.82) is 0 Å². The number of rotatable bonds is 5. The summed E-state index contributed by atoms with van der Waals surface area (Å²) in [6, 6.07) is 4.89. The minimum Gasteiger partial charge on any atom is -0.397 e. The van der Waals surface area contributed by atoms with Gasteiger partial charge in [-0.05, 0) is 12.1 Å². The quantitative estimate of drug-likeness (QED) is 0.624. The van der Waals surface area contributed by atoms with Crippen molar-refractivity contribution in [2.45, 2.75) is 22.0 Å². The molecule has 0 heterocycles. The van der Waals surface area contributed by atoms with Gasteiger partial charge < -0.3 is 10.8 Å². The van der Waals surface area contributed by atoms with E-state index < -0.39 is 10.0 Å². The Kier molecular flexibility index (Phi) is 5.03. The Balaban J connectivity index is 3.22. The number of nitrogens with two attached hydrogens (primary N) is 1. The lowest BCUT2D eigenvalue weighted by Gasteiger charge is -2.16. The average molecular weight is 290 g/mol. The first-order valence-corrected chi connectivity index (χ1v) is 7.71. The molecule has 5 nitrogen and oxygen atoms in total. The molecule has 0 saturated carbocycles. The molecule has 0 bridgehead atoms. The summed E-state index contributed by atoms with van der Waals surface area (Å²) < 4.78 is 25.2. The Morgan fingerprint density at radius 1 is 1.44 bits per heavy atom. The maximum atomic E-state index is 12.0. The smallest absolute Gasteiger partial charge is 0.244 e. The Bertz CT molecular complexity index is 515. The molecule has 1 atom stereocenters. The highest BCUT2D eigenvalue weighted by atomic mass is 32.2. The molecule has 0 saturated heterocycles. The summed E-state index contributed by atoms with van der Waals surface area (Å²) >= 11 is 1.35. The van der Waals surface area contributed by atoms with Crippen molar-refractivity contribution >= 4 is 27.5 Å². The molecular weight excluding hydrogens is 272 g/mol. The van der Waals surface area contributed by atoms with Crippen LogP contribution in [0.1, 0.15) is 6.92 Å². The third-order valence-electron chi connectivity index (χ3n) is 2.37. The van der Waals surface area contributed by atoms with E-state index in [1.54, 1.807) is 12.1 Å². The number of benzene rings is 1. The normalized spacial score (nSPS) is 13.8. The predicted octanol–water partition coefficient (Wildman–Crippen LogP) is 0.992. The van der Waals surface area contributed by atoms with Crippen LogP contribution < -0.4 is 5.73 Å². The maximum Gasteiger partial charge on any atom is 0.244 e. The molecule has 1 rings (SSSR count). The van der Waals surface area contributed by atoms with Crippen LogP contribution in [0.25, 0.3) is 0 Å². The second-order valence-corrected chi connectivity index (χ2v) is 7.67. The van der Waals surface area contributed by atoms with Crippen LogP contribution >= 0.6 is 11.8 Å². The fraction of sp³-hybridized carbons (Fsp3) is 0.455. The van der Waals surface area contributed by atoms with Gasteiger partial charge >= 0.3 is 0 Å². The molecule has 0 radical (unpaired) electrons. The molecule has 7 heteroatoms. The van der Waals surface area contributed by atoms with E-state index in [9.17, 15) is 8.42 Å². The van der Waals surface area contributed by atoms with Gasteiger partial charge in [0.2, 0.25) is 10.0 Å². The molecule has 0 aliphatic carbocycles. The zero-order chi connectivity index (χ0) is 13.9. The summed E-state index contributed by atoms with van der Waals surface area (Å²) in [5.74, 6) is 0. The van der Waals surface area contributed by atoms with Crippen molar-refractivity contribution in [3.63, 3.8) is 0 Å². The molecule has 0 aliphatic heterocycles. The van der Waals surface area contributed by atoms with Gasteiger partial charge in [-0.3, -0.25) is 0 Å². The number of nitrogens with zero attached hydrogens (tertiary/aromatic N) is 1. The molecule has 0 spiro atoms. The average Bonchev–Trinajstić information content (AvgIpc) is 2.31.